The highest BCUT2D eigenvalue weighted by molar-refractivity contribution is 5.99. The van der Waals surface area contributed by atoms with Crippen LogP contribution in [0.5, 0.6) is 5.75 Å². The smallest absolute Gasteiger partial charge is 0.319 e. The summed E-state index contributed by atoms with van der Waals surface area (Å²) in [5, 5.41) is 17.9. The van der Waals surface area contributed by atoms with Crippen LogP contribution in [0.3, 0.4) is 0 Å². The largest absolute Gasteiger partial charge is 0.507 e. The van der Waals surface area contributed by atoms with Gasteiger partial charge in [0, 0.05) is 30.7 Å². The molecule has 0 saturated heterocycles. The number of carbonyl (C=O) groups is 2. The number of amides is 3. The van der Waals surface area contributed by atoms with Crippen molar-refractivity contribution in [3.05, 3.63) is 53.9 Å². The molecule has 0 spiro atoms. The maximum Gasteiger partial charge on any atom is 0.319 e. The number of phenolic OH excluding ortho intramolecular Hbond substituents is 1. The van der Waals surface area contributed by atoms with Gasteiger partial charge in [-0.1, -0.05) is 6.07 Å². The predicted octanol–water partition coefficient (Wildman–Crippen LogP) is 2.25. The Bertz CT molecular complexity index is 717. The van der Waals surface area contributed by atoms with Crippen molar-refractivity contribution < 1.29 is 14.7 Å². The number of rotatable bonds is 5. The molecule has 4 N–H and O–H groups in total. The number of hydrogen-bond acceptors (Lipinski definition) is 4. The minimum absolute atomic E-state index is 0.00985. The predicted molar refractivity (Wildman–Crippen MR) is 90.8 cm³/mol. The zero-order chi connectivity index (χ0) is 17.5. The average Bonchev–Trinajstić information content (AvgIpc) is 2.54. The molecule has 2 rings (SSSR count). The van der Waals surface area contributed by atoms with Crippen molar-refractivity contribution in [3.8, 4) is 5.75 Å². The third-order valence-electron chi connectivity index (χ3n) is 3.09. The van der Waals surface area contributed by atoms with Crippen molar-refractivity contribution in [2.75, 3.05) is 5.32 Å². The van der Waals surface area contributed by atoms with Gasteiger partial charge in [-0.25, -0.2) is 4.79 Å². The molecule has 24 heavy (non-hydrogen) atoms. The van der Waals surface area contributed by atoms with Gasteiger partial charge >= 0.3 is 6.03 Å². The van der Waals surface area contributed by atoms with Crippen molar-refractivity contribution in [3.63, 3.8) is 0 Å². The van der Waals surface area contributed by atoms with E-state index in [2.05, 4.69) is 20.9 Å². The lowest BCUT2D eigenvalue weighted by Crippen LogP contribution is -2.34. The van der Waals surface area contributed by atoms with Crippen LogP contribution in [0.2, 0.25) is 0 Å². The molecule has 126 valence electrons. The Morgan fingerprint density at radius 1 is 1.25 bits per heavy atom. The third kappa shape index (κ3) is 4.98. The Kier molecular flexibility index (Phi) is 5.73. The van der Waals surface area contributed by atoms with Crippen LogP contribution in [0, 0.1) is 0 Å². The van der Waals surface area contributed by atoms with Crippen LogP contribution in [0.25, 0.3) is 0 Å². The molecule has 0 radical (unpaired) electrons. The highest BCUT2D eigenvalue weighted by Crippen LogP contribution is 2.21. The number of anilines is 1. The monoisotopic (exact) mass is 328 g/mol. The molecule has 1 aromatic carbocycles. The minimum atomic E-state index is -0.440. The van der Waals surface area contributed by atoms with Gasteiger partial charge in [-0.15, -0.1) is 0 Å². The van der Waals surface area contributed by atoms with Crippen molar-refractivity contribution in [1.29, 1.82) is 0 Å². The summed E-state index contributed by atoms with van der Waals surface area (Å²) in [6, 6.07) is 7.53. The number of nitrogens with one attached hydrogen (secondary N) is 3. The van der Waals surface area contributed by atoms with Gasteiger partial charge in [0.1, 0.15) is 5.75 Å². The van der Waals surface area contributed by atoms with Crippen LogP contribution in [-0.4, -0.2) is 28.1 Å². The van der Waals surface area contributed by atoms with Crippen LogP contribution >= 0.6 is 0 Å². The van der Waals surface area contributed by atoms with E-state index in [4.69, 9.17) is 0 Å². The standard InChI is InChI=1S/C17H20N4O3/c1-11(2)20-17(24)21-13-5-6-15(22)14(8-13)16(23)19-10-12-4-3-7-18-9-12/h3-9,11,22H,10H2,1-2H3,(H,19,23)(H2,20,21,24). The number of benzene rings is 1. The van der Waals surface area contributed by atoms with Gasteiger partial charge in [0.05, 0.1) is 5.56 Å². The molecule has 0 aliphatic carbocycles. The zero-order valence-corrected chi connectivity index (χ0v) is 13.5. The van der Waals surface area contributed by atoms with E-state index < -0.39 is 5.91 Å². The fraction of sp³-hybridized carbons (Fsp3) is 0.235. The van der Waals surface area contributed by atoms with Crippen LogP contribution in [0.15, 0.2) is 42.7 Å². The highest BCUT2D eigenvalue weighted by Gasteiger charge is 2.13. The lowest BCUT2D eigenvalue weighted by Gasteiger charge is -2.12. The van der Waals surface area contributed by atoms with E-state index in [-0.39, 0.29) is 29.9 Å². The van der Waals surface area contributed by atoms with E-state index in [1.165, 1.54) is 18.2 Å². The Hall–Kier alpha value is -3.09. The molecule has 2 aromatic rings. The van der Waals surface area contributed by atoms with Crippen molar-refractivity contribution in [1.82, 2.24) is 15.6 Å². The highest BCUT2D eigenvalue weighted by atomic mass is 16.3. The Balaban J connectivity index is 2.04. The second-order valence-corrected chi connectivity index (χ2v) is 5.53. The molecule has 0 atom stereocenters. The number of pyridine rings is 1. The zero-order valence-electron chi connectivity index (χ0n) is 13.5. The topological polar surface area (TPSA) is 103 Å². The van der Waals surface area contributed by atoms with E-state index in [0.29, 0.717) is 5.69 Å². The average molecular weight is 328 g/mol. The number of carbonyl (C=O) groups excluding carboxylic acids is 2. The molecule has 1 aromatic heterocycles. The first-order valence-electron chi connectivity index (χ1n) is 7.53. The summed E-state index contributed by atoms with van der Waals surface area (Å²) in [6.45, 7) is 3.97. The molecule has 0 aliphatic heterocycles. The van der Waals surface area contributed by atoms with E-state index in [0.717, 1.165) is 5.56 Å². The molecule has 0 aliphatic rings. The van der Waals surface area contributed by atoms with Crippen LogP contribution < -0.4 is 16.0 Å². The van der Waals surface area contributed by atoms with Crippen molar-refractivity contribution in [2.24, 2.45) is 0 Å². The van der Waals surface area contributed by atoms with Crippen LogP contribution in [-0.2, 0) is 6.54 Å². The fourth-order valence-electron chi connectivity index (χ4n) is 2.01. The second-order valence-electron chi connectivity index (χ2n) is 5.53. The molecule has 7 heteroatoms. The number of phenols is 1. The molecule has 0 fully saturated rings. The number of aromatic hydroxyl groups is 1. The first-order valence-corrected chi connectivity index (χ1v) is 7.53. The van der Waals surface area contributed by atoms with Crippen molar-refractivity contribution >= 4 is 17.6 Å². The summed E-state index contributed by atoms with van der Waals surface area (Å²) in [4.78, 5) is 27.9. The SMILES string of the molecule is CC(C)NC(=O)Nc1ccc(O)c(C(=O)NCc2cccnc2)c1. The van der Waals surface area contributed by atoms with Gasteiger partial charge in [-0.3, -0.25) is 9.78 Å². The van der Waals surface area contributed by atoms with Gasteiger partial charge in [0.15, 0.2) is 0 Å². The fourth-order valence-corrected chi connectivity index (χ4v) is 2.01. The summed E-state index contributed by atoms with van der Waals surface area (Å²) in [5.74, 6) is -0.599. The lowest BCUT2D eigenvalue weighted by atomic mass is 10.1. The summed E-state index contributed by atoms with van der Waals surface area (Å²) in [6.07, 6.45) is 3.29. The van der Waals surface area contributed by atoms with E-state index in [9.17, 15) is 14.7 Å². The molecule has 7 nitrogen and oxygen atoms in total. The van der Waals surface area contributed by atoms with Crippen molar-refractivity contribution in [2.45, 2.75) is 26.4 Å². The van der Waals surface area contributed by atoms with Gasteiger partial charge in [-0.2, -0.15) is 0 Å². The van der Waals surface area contributed by atoms with Gasteiger partial charge in [-0.05, 0) is 43.7 Å². The van der Waals surface area contributed by atoms with Crippen LogP contribution in [0.4, 0.5) is 10.5 Å². The first-order chi connectivity index (χ1) is 11.5. The summed E-state index contributed by atoms with van der Waals surface area (Å²) in [5.41, 5.74) is 1.34. The summed E-state index contributed by atoms with van der Waals surface area (Å²) < 4.78 is 0. The molecule has 0 unspecified atom stereocenters. The summed E-state index contributed by atoms with van der Waals surface area (Å²) in [7, 11) is 0. The Labute approximate surface area is 140 Å². The molecular formula is C17H20N4O3. The number of aromatic nitrogens is 1. The second kappa shape index (κ2) is 7.96. The maximum absolute atomic E-state index is 12.2. The van der Waals surface area contributed by atoms with Gasteiger partial charge < -0.3 is 21.1 Å². The quantitative estimate of drug-likeness (QED) is 0.632. The third-order valence-corrected chi connectivity index (χ3v) is 3.09. The van der Waals surface area contributed by atoms with Gasteiger partial charge in [0.25, 0.3) is 5.91 Å². The first kappa shape index (κ1) is 17.3. The Morgan fingerprint density at radius 2 is 2.04 bits per heavy atom. The maximum atomic E-state index is 12.2. The van der Waals surface area contributed by atoms with E-state index in [1.54, 1.807) is 18.5 Å². The van der Waals surface area contributed by atoms with E-state index in [1.807, 2.05) is 19.9 Å². The molecule has 0 saturated carbocycles. The molecule has 1 heterocycles. The van der Waals surface area contributed by atoms with Crippen LogP contribution in [0.1, 0.15) is 29.8 Å². The summed E-state index contributed by atoms with van der Waals surface area (Å²) >= 11 is 0. The normalized spacial score (nSPS) is 10.3. The van der Waals surface area contributed by atoms with Gasteiger partial charge in [0.2, 0.25) is 0 Å². The molecule has 0 bridgehead atoms. The number of nitrogens with zero attached hydrogens (tertiary/aromatic N) is 1. The van der Waals surface area contributed by atoms with E-state index >= 15 is 0 Å². The molecule has 3 amide bonds. The Morgan fingerprint density at radius 3 is 2.71 bits per heavy atom. The number of hydrogen-bond donors (Lipinski definition) is 4. The molecular weight excluding hydrogens is 308 g/mol. The minimum Gasteiger partial charge on any atom is -0.507 e. The lowest BCUT2D eigenvalue weighted by molar-refractivity contribution is 0.0948. The number of urea groups is 1.